The second kappa shape index (κ2) is 5.84. The van der Waals surface area contributed by atoms with Gasteiger partial charge in [-0.3, -0.25) is 14.3 Å². The second-order valence-electron chi connectivity index (χ2n) is 4.40. The number of nitrogens with two attached hydrogens (primary N) is 1. The van der Waals surface area contributed by atoms with Crippen LogP contribution in [-0.4, -0.2) is 21.6 Å². The first-order valence-electron chi connectivity index (χ1n) is 6.04. The average Bonchev–Trinajstić information content (AvgIpc) is 2.72. The minimum Gasteiger partial charge on any atom is -0.396 e. The summed E-state index contributed by atoms with van der Waals surface area (Å²) >= 11 is 6.04. The normalized spacial score (nSPS) is 10.2. The fourth-order valence-electron chi connectivity index (χ4n) is 1.81. The van der Waals surface area contributed by atoms with Crippen molar-refractivity contribution < 1.29 is 9.59 Å². The fraction of sp³-hybridized carbons (Fsp3) is 0.154. The van der Waals surface area contributed by atoms with Crippen LogP contribution in [0.3, 0.4) is 0 Å². The molecule has 0 aliphatic carbocycles. The van der Waals surface area contributed by atoms with Crippen molar-refractivity contribution in [3.8, 4) is 0 Å². The van der Waals surface area contributed by atoms with E-state index >= 15 is 0 Å². The van der Waals surface area contributed by atoms with Crippen LogP contribution >= 0.6 is 11.6 Å². The maximum absolute atomic E-state index is 12.1. The van der Waals surface area contributed by atoms with E-state index in [1.165, 1.54) is 23.9 Å². The molecular formula is C13H14ClN5O2. The number of carbonyl (C=O) groups is 2. The van der Waals surface area contributed by atoms with Crippen molar-refractivity contribution in [3.63, 3.8) is 0 Å². The highest BCUT2D eigenvalue weighted by Crippen LogP contribution is 2.26. The van der Waals surface area contributed by atoms with Gasteiger partial charge in [0.2, 0.25) is 5.91 Å². The Labute approximate surface area is 126 Å². The SMILES string of the molecule is CC(=O)Nc1ccc(NC(=O)c2c(N)cnn2C)cc1Cl. The predicted molar refractivity (Wildman–Crippen MR) is 81.3 cm³/mol. The van der Waals surface area contributed by atoms with Gasteiger partial charge in [-0.2, -0.15) is 5.10 Å². The Hall–Kier alpha value is -2.54. The highest BCUT2D eigenvalue weighted by molar-refractivity contribution is 6.34. The van der Waals surface area contributed by atoms with Gasteiger partial charge in [-0.05, 0) is 18.2 Å². The van der Waals surface area contributed by atoms with Crippen molar-refractivity contribution in [1.29, 1.82) is 0 Å². The number of aromatic nitrogens is 2. The lowest BCUT2D eigenvalue weighted by molar-refractivity contribution is -0.114. The number of benzene rings is 1. The highest BCUT2D eigenvalue weighted by atomic mass is 35.5. The lowest BCUT2D eigenvalue weighted by atomic mass is 10.2. The summed E-state index contributed by atoms with van der Waals surface area (Å²) in [6.07, 6.45) is 1.40. The Morgan fingerprint density at radius 1 is 1.33 bits per heavy atom. The molecule has 0 aliphatic rings. The highest BCUT2D eigenvalue weighted by Gasteiger charge is 2.15. The summed E-state index contributed by atoms with van der Waals surface area (Å²) in [5.41, 5.74) is 7.20. The van der Waals surface area contributed by atoms with Crippen LogP contribution < -0.4 is 16.4 Å². The Morgan fingerprint density at radius 3 is 2.57 bits per heavy atom. The van der Waals surface area contributed by atoms with Crippen LogP contribution in [0.5, 0.6) is 0 Å². The number of aryl methyl sites for hydroxylation is 1. The summed E-state index contributed by atoms with van der Waals surface area (Å²) in [7, 11) is 1.62. The number of hydrogen-bond acceptors (Lipinski definition) is 4. The van der Waals surface area contributed by atoms with Crippen molar-refractivity contribution >= 4 is 40.5 Å². The molecule has 0 fully saturated rings. The first-order valence-corrected chi connectivity index (χ1v) is 6.42. The molecule has 2 aromatic rings. The van der Waals surface area contributed by atoms with E-state index in [4.69, 9.17) is 17.3 Å². The first kappa shape index (κ1) is 14.9. The van der Waals surface area contributed by atoms with E-state index in [-0.39, 0.29) is 17.3 Å². The molecule has 7 nitrogen and oxygen atoms in total. The van der Waals surface area contributed by atoms with E-state index < -0.39 is 5.91 Å². The Balaban J connectivity index is 2.19. The van der Waals surface area contributed by atoms with Crippen molar-refractivity contribution in [3.05, 3.63) is 35.1 Å². The summed E-state index contributed by atoms with van der Waals surface area (Å²) in [5, 5.41) is 9.47. The van der Waals surface area contributed by atoms with Gasteiger partial charge < -0.3 is 16.4 Å². The van der Waals surface area contributed by atoms with Gasteiger partial charge in [0.15, 0.2) is 0 Å². The molecule has 2 rings (SSSR count). The third kappa shape index (κ3) is 3.32. The van der Waals surface area contributed by atoms with E-state index in [0.29, 0.717) is 16.4 Å². The molecule has 2 amide bonds. The fourth-order valence-corrected chi connectivity index (χ4v) is 2.03. The molecule has 1 heterocycles. The van der Waals surface area contributed by atoms with Gasteiger partial charge in [0.05, 0.1) is 22.6 Å². The van der Waals surface area contributed by atoms with Crippen LogP contribution in [0.1, 0.15) is 17.4 Å². The van der Waals surface area contributed by atoms with Crippen LogP contribution in [0.4, 0.5) is 17.1 Å². The molecule has 8 heteroatoms. The summed E-state index contributed by atoms with van der Waals surface area (Å²) in [4.78, 5) is 23.1. The summed E-state index contributed by atoms with van der Waals surface area (Å²) in [5.74, 6) is -0.618. The van der Waals surface area contributed by atoms with E-state index in [1.54, 1.807) is 19.2 Å². The summed E-state index contributed by atoms with van der Waals surface area (Å²) in [6, 6.07) is 4.77. The van der Waals surface area contributed by atoms with Gasteiger partial charge in [-0.25, -0.2) is 0 Å². The van der Waals surface area contributed by atoms with E-state index in [0.717, 1.165) is 0 Å². The quantitative estimate of drug-likeness (QED) is 0.805. The number of amides is 2. The molecule has 0 spiro atoms. The number of carbonyl (C=O) groups excluding carboxylic acids is 2. The smallest absolute Gasteiger partial charge is 0.276 e. The standard InChI is InChI=1S/C13H14ClN5O2/c1-7(20)17-11-4-3-8(5-9(11)14)18-13(21)12-10(15)6-16-19(12)2/h3-6H,15H2,1-2H3,(H,17,20)(H,18,21). The van der Waals surface area contributed by atoms with Crippen LogP contribution in [0.15, 0.2) is 24.4 Å². The van der Waals surface area contributed by atoms with Gasteiger partial charge in [-0.15, -0.1) is 0 Å². The molecule has 0 unspecified atom stereocenters. The predicted octanol–water partition coefficient (Wildman–Crippen LogP) is 1.87. The lowest BCUT2D eigenvalue weighted by Gasteiger charge is -2.09. The zero-order chi connectivity index (χ0) is 15.6. The number of nitrogens with one attached hydrogen (secondary N) is 2. The molecule has 0 bridgehead atoms. The minimum absolute atomic E-state index is 0.226. The van der Waals surface area contributed by atoms with Crippen LogP contribution in [-0.2, 0) is 11.8 Å². The van der Waals surface area contributed by atoms with Crippen molar-refractivity contribution in [2.75, 3.05) is 16.4 Å². The van der Waals surface area contributed by atoms with Gasteiger partial charge in [0.1, 0.15) is 5.69 Å². The Bertz CT molecular complexity index is 691. The molecule has 1 aromatic heterocycles. The first-order chi connectivity index (χ1) is 9.88. The van der Waals surface area contributed by atoms with E-state index in [9.17, 15) is 9.59 Å². The zero-order valence-electron chi connectivity index (χ0n) is 11.5. The molecule has 1 aromatic carbocycles. The molecule has 0 aliphatic heterocycles. The maximum atomic E-state index is 12.1. The van der Waals surface area contributed by atoms with Crippen molar-refractivity contribution in [2.24, 2.45) is 7.05 Å². The molecule has 0 atom stereocenters. The topological polar surface area (TPSA) is 102 Å². The molecular weight excluding hydrogens is 294 g/mol. The number of nitrogen functional groups attached to an aromatic ring is 1. The van der Waals surface area contributed by atoms with E-state index in [1.807, 2.05) is 0 Å². The molecule has 4 N–H and O–H groups in total. The number of hydrogen-bond donors (Lipinski definition) is 3. The molecule has 0 saturated heterocycles. The maximum Gasteiger partial charge on any atom is 0.276 e. The van der Waals surface area contributed by atoms with Gasteiger partial charge in [0.25, 0.3) is 5.91 Å². The van der Waals surface area contributed by atoms with E-state index in [2.05, 4.69) is 15.7 Å². The van der Waals surface area contributed by atoms with Crippen LogP contribution in [0, 0.1) is 0 Å². The summed E-state index contributed by atoms with van der Waals surface area (Å²) < 4.78 is 1.39. The summed E-state index contributed by atoms with van der Waals surface area (Å²) in [6.45, 7) is 1.39. The van der Waals surface area contributed by atoms with Crippen molar-refractivity contribution in [2.45, 2.75) is 6.92 Å². The number of nitrogens with zero attached hydrogens (tertiary/aromatic N) is 2. The number of rotatable bonds is 3. The molecule has 0 radical (unpaired) electrons. The Kier molecular flexibility index (Phi) is 4.13. The second-order valence-corrected chi connectivity index (χ2v) is 4.81. The van der Waals surface area contributed by atoms with Gasteiger partial charge >= 0.3 is 0 Å². The van der Waals surface area contributed by atoms with Crippen molar-refractivity contribution in [1.82, 2.24) is 9.78 Å². The number of anilines is 3. The largest absolute Gasteiger partial charge is 0.396 e. The number of halogens is 1. The zero-order valence-corrected chi connectivity index (χ0v) is 12.2. The molecule has 21 heavy (non-hydrogen) atoms. The molecule has 0 saturated carbocycles. The monoisotopic (exact) mass is 307 g/mol. The minimum atomic E-state index is -0.393. The lowest BCUT2D eigenvalue weighted by Crippen LogP contribution is -2.17. The van der Waals surface area contributed by atoms with Gasteiger partial charge in [0, 0.05) is 19.7 Å². The third-order valence-electron chi connectivity index (χ3n) is 2.72. The van der Waals surface area contributed by atoms with Crippen LogP contribution in [0.2, 0.25) is 5.02 Å². The third-order valence-corrected chi connectivity index (χ3v) is 3.03. The average molecular weight is 308 g/mol. The van der Waals surface area contributed by atoms with Crippen LogP contribution in [0.25, 0.3) is 0 Å². The Morgan fingerprint density at radius 2 is 2.05 bits per heavy atom. The molecule has 110 valence electrons. The van der Waals surface area contributed by atoms with Gasteiger partial charge in [-0.1, -0.05) is 11.6 Å².